The second-order valence-electron chi connectivity index (χ2n) is 4.97. The van der Waals surface area contributed by atoms with Gasteiger partial charge in [0.15, 0.2) is 0 Å². The number of anilines is 1. The van der Waals surface area contributed by atoms with Gasteiger partial charge in [-0.05, 0) is 35.9 Å². The van der Waals surface area contributed by atoms with Crippen molar-refractivity contribution in [2.45, 2.75) is 19.4 Å². The summed E-state index contributed by atoms with van der Waals surface area (Å²) in [4.78, 5) is 14.8. The molecule has 2 rings (SSSR count). The van der Waals surface area contributed by atoms with Gasteiger partial charge in [-0.2, -0.15) is 0 Å². The number of benzene rings is 1. The van der Waals surface area contributed by atoms with Crippen molar-refractivity contribution in [2.24, 2.45) is 0 Å². The molecule has 1 fully saturated rings. The Balaban J connectivity index is 2.29. The molecule has 0 saturated carbocycles. The zero-order valence-corrected chi connectivity index (χ0v) is 13.1. The van der Waals surface area contributed by atoms with E-state index in [4.69, 9.17) is 0 Å². The molecule has 0 amide bonds. The van der Waals surface area contributed by atoms with Crippen LogP contribution in [-0.2, 0) is 0 Å². The number of hydrogen-bond acceptors (Lipinski definition) is 4. The SMILES string of the molecule is CCN(C)[C@@H]1CCN(c2cc(F)c(Br)cc2[N+](=O)[O-])C1. The molecule has 5 nitrogen and oxygen atoms in total. The van der Waals surface area contributed by atoms with E-state index in [-0.39, 0.29) is 10.2 Å². The average Bonchev–Trinajstić information content (AvgIpc) is 2.89. The lowest BCUT2D eigenvalue weighted by molar-refractivity contribution is -0.384. The van der Waals surface area contributed by atoms with E-state index < -0.39 is 10.7 Å². The van der Waals surface area contributed by atoms with Crippen LogP contribution in [0.4, 0.5) is 15.8 Å². The van der Waals surface area contributed by atoms with Crippen molar-refractivity contribution in [1.82, 2.24) is 4.90 Å². The Hall–Kier alpha value is -1.21. The van der Waals surface area contributed by atoms with E-state index in [1.807, 2.05) is 11.9 Å². The fourth-order valence-electron chi connectivity index (χ4n) is 2.50. The molecule has 110 valence electrons. The lowest BCUT2D eigenvalue weighted by Crippen LogP contribution is -2.34. The molecule has 0 unspecified atom stereocenters. The predicted molar refractivity (Wildman–Crippen MR) is 79.7 cm³/mol. The molecule has 0 N–H and O–H groups in total. The monoisotopic (exact) mass is 345 g/mol. The quantitative estimate of drug-likeness (QED) is 0.621. The maximum Gasteiger partial charge on any atom is 0.293 e. The summed E-state index contributed by atoms with van der Waals surface area (Å²) in [6.45, 7) is 4.39. The summed E-state index contributed by atoms with van der Waals surface area (Å²) in [5, 5.41) is 11.1. The fourth-order valence-corrected chi connectivity index (χ4v) is 2.84. The molecule has 0 radical (unpaired) electrons. The van der Waals surface area contributed by atoms with Gasteiger partial charge in [0.25, 0.3) is 5.69 Å². The highest BCUT2D eigenvalue weighted by Crippen LogP contribution is 2.35. The zero-order valence-electron chi connectivity index (χ0n) is 11.5. The van der Waals surface area contributed by atoms with Gasteiger partial charge in [0, 0.05) is 31.3 Å². The third kappa shape index (κ3) is 2.93. The van der Waals surface area contributed by atoms with E-state index in [9.17, 15) is 14.5 Å². The van der Waals surface area contributed by atoms with Crippen molar-refractivity contribution in [3.8, 4) is 0 Å². The Morgan fingerprint density at radius 2 is 2.30 bits per heavy atom. The highest BCUT2D eigenvalue weighted by atomic mass is 79.9. The molecule has 1 aliphatic rings. The third-order valence-electron chi connectivity index (χ3n) is 3.84. The van der Waals surface area contributed by atoms with Gasteiger partial charge in [0.2, 0.25) is 0 Å². The summed E-state index contributed by atoms with van der Waals surface area (Å²) in [6, 6.07) is 2.84. The topological polar surface area (TPSA) is 49.6 Å². The summed E-state index contributed by atoms with van der Waals surface area (Å²) < 4.78 is 13.8. The van der Waals surface area contributed by atoms with Crippen LogP contribution >= 0.6 is 15.9 Å². The first-order valence-corrected chi connectivity index (χ1v) is 7.32. The number of likely N-dealkylation sites (N-methyl/N-ethyl adjacent to an activating group) is 1. The molecule has 0 bridgehead atoms. The Morgan fingerprint density at radius 3 is 2.90 bits per heavy atom. The highest BCUT2D eigenvalue weighted by molar-refractivity contribution is 9.10. The van der Waals surface area contributed by atoms with Gasteiger partial charge >= 0.3 is 0 Å². The number of nitro groups is 1. The molecule has 0 spiro atoms. The second-order valence-corrected chi connectivity index (χ2v) is 5.83. The van der Waals surface area contributed by atoms with E-state index in [2.05, 4.69) is 27.8 Å². The van der Waals surface area contributed by atoms with Crippen LogP contribution in [0.5, 0.6) is 0 Å². The van der Waals surface area contributed by atoms with Crippen LogP contribution in [0.2, 0.25) is 0 Å². The van der Waals surface area contributed by atoms with Crippen molar-refractivity contribution in [2.75, 3.05) is 31.6 Å². The molecule has 1 aliphatic heterocycles. The summed E-state index contributed by atoms with van der Waals surface area (Å²) in [6.07, 6.45) is 0.930. The van der Waals surface area contributed by atoms with Gasteiger partial charge in [0.1, 0.15) is 11.5 Å². The summed E-state index contributed by atoms with van der Waals surface area (Å²) in [5.41, 5.74) is 0.306. The lowest BCUT2D eigenvalue weighted by Gasteiger charge is -2.23. The van der Waals surface area contributed by atoms with Crippen LogP contribution in [0, 0.1) is 15.9 Å². The van der Waals surface area contributed by atoms with Crippen LogP contribution in [0.15, 0.2) is 16.6 Å². The molecule has 1 atom stereocenters. The van der Waals surface area contributed by atoms with Crippen molar-refractivity contribution in [3.63, 3.8) is 0 Å². The minimum absolute atomic E-state index is 0.0573. The van der Waals surface area contributed by atoms with Gasteiger partial charge in [0.05, 0.1) is 9.40 Å². The van der Waals surface area contributed by atoms with Gasteiger partial charge in [-0.1, -0.05) is 6.92 Å². The summed E-state index contributed by atoms with van der Waals surface area (Å²) >= 11 is 3.00. The first kappa shape index (κ1) is 15.2. The summed E-state index contributed by atoms with van der Waals surface area (Å²) in [7, 11) is 2.03. The van der Waals surface area contributed by atoms with Crippen LogP contribution in [-0.4, -0.2) is 42.5 Å². The van der Waals surface area contributed by atoms with Crippen molar-refractivity contribution < 1.29 is 9.31 Å². The number of hydrogen-bond donors (Lipinski definition) is 0. The van der Waals surface area contributed by atoms with Gasteiger partial charge in [-0.3, -0.25) is 10.1 Å². The molecule has 1 aromatic carbocycles. The molecule has 1 aromatic rings. The molecule has 7 heteroatoms. The minimum Gasteiger partial charge on any atom is -0.364 e. The van der Waals surface area contributed by atoms with E-state index in [0.717, 1.165) is 13.0 Å². The van der Waals surface area contributed by atoms with Crippen LogP contribution < -0.4 is 4.90 Å². The number of nitrogens with zero attached hydrogens (tertiary/aromatic N) is 3. The van der Waals surface area contributed by atoms with E-state index >= 15 is 0 Å². The minimum atomic E-state index is -0.474. The normalized spacial score (nSPS) is 18.9. The summed E-state index contributed by atoms with van der Waals surface area (Å²) in [5.74, 6) is -0.474. The average molecular weight is 346 g/mol. The van der Waals surface area contributed by atoms with Crippen LogP contribution in [0.3, 0.4) is 0 Å². The number of rotatable bonds is 4. The fraction of sp³-hybridized carbons (Fsp3) is 0.538. The standard InChI is InChI=1S/C13H17BrFN3O2/c1-3-16(2)9-4-5-17(8-9)12-7-11(15)10(14)6-13(12)18(19)20/h6-7,9H,3-5,8H2,1-2H3/t9-/m1/s1. The molecular weight excluding hydrogens is 329 g/mol. The maximum absolute atomic E-state index is 13.7. The molecular formula is C13H17BrFN3O2. The van der Waals surface area contributed by atoms with Crippen molar-refractivity contribution in [1.29, 1.82) is 0 Å². The maximum atomic E-state index is 13.7. The smallest absolute Gasteiger partial charge is 0.293 e. The Morgan fingerprint density at radius 1 is 1.60 bits per heavy atom. The number of nitro benzene ring substituents is 1. The first-order valence-electron chi connectivity index (χ1n) is 6.52. The first-order chi connectivity index (χ1) is 9.43. The van der Waals surface area contributed by atoms with E-state index in [1.165, 1.54) is 12.1 Å². The predicted octanol–water partition coefficient (Wildman–Crippen LogP) is 3.03. The van der Waals surface area contributed by atoms with Crippen LogP contribution in [0.25, 0.3) is 0 Å². The zero-order chi connectivity index (χ0) is 14.9. The van der Waals surface area contributed by atoms with E-state index in [0.29, 0.717) is 24.8 Å². The third-order valence-corrected chi connectivity index (χ3v) is 4.45. The van der Waals surface area contributed by atoms with Gasteiger partial charge in [-0.25, -0.2) is 4.39 Å². The molecule has 1 saturated heterocycles. The van der Waals surface area contributed by atoms with Crippen molar-refractivity contribution in [3.05, 3.63) is 32.5 Å². The van der Waals surface area contributed by atoms with E-state index in [1.54, 1.807) is 0 Å². The Labute approximate surface area is 125 Å². The van der Waals surface area contributed by atoms with Crippen LogP contribution in [0.1, 0.15) is 13.3 Å². The highest BCUT2D eigenvalue weighted by Gasteiger charge is 2.30. The molecule has 20 heavy (non-hydrogen) atoms. The Kier molecular flexibility index (Phi) is 4.59. The van der Waals surface area contributed by atoms with Gasteiger partial charge in [-0.15, -0.1) is 0 Å². The van der Waals surface area contributed by atoms with Crippen molar-refractivity contribution >= 4 is 27.3 Å². The largest absolute Gasteiger partial charge is 0.364 e. The number of halogens is 2. The molecule has 0 aromatic heterocycles. The Bertz CT molecular complexity index is 527. The van der Waals surface area contributed by atoms with Gasteiger partial charge < -0.3 is 9.80 Å². The second kappa shape index (κ2) is 6.05. The lowest BCUT2D eigenvalue weighted by atomic mass is 10.2. The molecule has 0 aliphatic carbocycles. The molecule has 1 heterocycles.